The molecule has 4 heteroatoms. The fourth-order valence-electron chi connectivity index (χ4n) is 0. The Balaban J connectivity index is 3.68. The smallest absolute Gasteiger partial charge is 0.0279 e. The molecule has 0 bridgehead atoms. The molecule has 0 saturated heterocycles. The van der Waals surface area contributed by atoms with Gasteiger partial charge in [-0.1, -0.05) is 0 Å². The molecule has 36 valence electrons. The third-order valence-corrected chi connectivity index (χ3v) is 3.00. The van der Waals surface area contributed by atoms with E-state index in [1.54, 1.807) is 0 Å². The molecule has 0 saturated carbocycles. The second kappa shape index (κ2) is 3.46. The molecule has 4 unspecified atom stereocenters. The highest BCUT2D eigenvalue weighted by molar-refractivity contribution is 7.53. The van der Waals surface area contributed by atoms with Gasteiger partial charge in [-0.2, -0.15) is 0 Å². The molecule has 0 spiro atoms. The lowest BCUT2D eigenvalue weighted by molar-refractivity contribution is 2.37. The van der Waals surface area contributed by atoms with E-state index in [1.165, 1.54) is 10.1 Å². The second-order valence-corrected chi connectivity index (χ2v) is 4.73. The Kier molecular flexibility index (Phi) is 4.30. The number of hydrogen-bond acceptors (Lipinski definition) is 0. The summed E-state index contributed by atoms with van der Waals surface area (Å²) in [6.07, 6.45) is 0. The van der Waals surface area contributed by atoms with Crippen molar-refractivity contribution >= 4 is 37.0 Å². The van der Waals surface area contributed by atoms with Crippen LogP contribution in [0.1, 0.15) is 0 Å². The summed E-state index contributed by atoms with van der Waals surface area (Å²) in [6, 6.07) is 0. The standard InChI is InChI=1S/C2H8P4/c3-1(4)2(5)6/h3-6H2. The fraction of sp³-hybridized carbons (Fsp3) is 0. The molecule has 0 heterocycles. The summed E-state index contributed by atoms with van der Waals surface area (Å²) in [5.74, 6) is 0. The van der Waals surface area contributed by atoms with Crippen molar-refractivity contribution in [3.63, 3.8) is 0 Å². The molecule has 0 aliphatic heterocycles. The van der Waals surface area contributed by atoms with Crippen LogP contribution in [0.2, 0.25) is 0 Å². The molecular formula is C2H8P4. The third kappa shape index (κ3) is 3.64. The van der Waals surface area contributed by atoms with E-state index >= 15 is 0 Å². The molecule has 0 amide bonds. The summed E-state index contributed by atoms with van der Waals surface area (Å²) in [4.78, 5) is 0. The molecule has 0 aromatic rings. The summed E-state index contributed by atoms with van der Waals surface area (Å²) in [6.45, 7) is 0. The van der Waals surface area contributed by atoms with E-state index < -0.39 is 0 Å². The average molecular weight is 156 g/mol. The first-order chi connectivity index (χ1) is 2.64. The normalized spacial score (nSPS) is 8.00. The van der Waals surface area contributed by atoms with Gasteiger partial charge in [-0.05, 0) is 10.1 Å². The van der Waals surface area contributed by atoms with Crippen LogP contribution in [0, 0.1) is 0 Å². The molecule has 0 rings (SSSR count). The molecule has 0 aliphatic rings. The van der Waals surface area contributed by atoms with Gasteiger partial charge in [-0.25, -0.2) is 0 Å². The Labute approximate surface area is 47.7 Å². The van der Waals surface area contributed by atoms with E-state index in [2.05, 4.69) is 37.0 Å². The van der Waals surface area contributed by atoms with Gasteiger partial charge in [0.2, 0.25) is 0 Å². The molecule has 0 aromatic carbocycles. The predicted octanol–water partition coefficient (Wildman–Crippen LogP) is 1.61. The van der Waals surface area contributed by atoms with Crippen LogP contribution in [0.5, 0.6) is 0 Å². The lowest BCUT2D eigenvalue weighted by atomic mass is 11.2. The van der Waals surface area contributed by atoms with Gasteiger partial charge in [0.05, 0.1) is 0 Å². The van der Waals surface area contributed by atoms with E-state index in [1.807, 2.05) is 0 Å². The monoisotopic (exact) mass is 156 g/mol. The SMILES string of the molecule is PC(P)=C(P)P. The molecule has 6 heavy (non-hydrogen) atoms. The Morgan fingerprint density at radius 3 is 0.833 bits per heavy atom. The van der Waals surface area contributed by atoms with Gasteiger partial charge >= 0.3 is 0 Å². The summed E-state index contributed by atoms with van der Waals surface area (Å²) in [5.41, 5.74) is 0. The molecule has 0 N–H and O–H groups in total. The summed E-state index contributed by atoms with van der Waals surface area (Å²) >= 11 is 0. The Morgan fingerprint density at radius 1 is 0.667 bits per heavy atom. The summed E-state index contributed by atoms with van der Waals surface area (Å²) in [5, 5.41) is 2.37. The highest BCUT2D eigenvalue weighted by Gasteiger charge is 1.76. The maximum atomic E-state index is 2.57. The van der Waals surface area contributed by atoms with Crippen LogP contribution in [0.4, 0.5) is 0 Å². The van der Waals surface area contributed by atoms with E-state index in [4.69, 9.17) is 0 Å². The lowest BCUT2D eigenvalue weighted by Gasteiger charge is -1.87. The first kappa shape index (κ1) is 7.46. The van der Waals surface area contributed by atoms with Gasteiger partial charge in [0.15, 0.2) is 0 Å². The van der Waals surface area contributed by atoms with E-state index in [9.17, 15) is 0 Å². The lowest BCUT2D eigenvalue weighted by Crippen LogP contribution is -1.43. The van der Waals surface area contributed by atoms with Crippen LogP contribution in [-0.4, -0.2) is 0 Å². The van der Waals surface area contributed by atoms with Gasteiger partial charge < -0.3 is 0 Å². The summed E-state index contributed by atoms with van der Waals surface area (Å²) < 4.78 is 0. The number of hydrogen-bond donors (Lipinski definition) is 0. The van der Waals surface area contributed by atoms with Crippen LogP contribution >= 0.6 is 37.0 Å². The second-order valence-electron chi connectivity index (χ2n) is 0.911. The molecular weight excluding hydrogens is 148 g/mol. The molecule has 0 radical (unpaired) electrons. The van der Waals surface area contributed by atoms with Gasteiger partial charge in [0, 0.05) is 0 Å². The fourth-order valence-corrected chi connectivity index (χ4v) is 0. The van der Waals surface area contributed by atoms with E-state index in [0.717, 1.165) is 0 Å². The molecule has 4 atom stereocenters. The van der Waals surface area contributed by atoms with Gasteiger partial charge in [-0.15, -0.1) is 37.0 Å². The van der Waals surface area contributed by atoms with Crippen LogP contribution < -0.4 is 0 Å². The van der Waals surface area contributed by atoms with Crippen molar-refractivity contribution in [1.82, 2.24) is 0 Å². The Bertz CT molecular complexity index is 55.6. The highest BCUT2D eigenvalue weighted by atomic mass is 31.1. The van der Waals surface area contributed by atoms with Crippen molar-refractivity contribution in [3.8, 4) is 0 Å². The van der Waals surface area contributed by atoms with E-state index in [-0.39, 0.29) is 0 Å². The highest BCUT2D eigenvalue weighted by Crippen LogP contribution is 2.28. The van der Waals surface area contributed by atoms with Gasteiger partial charge in [0.25, 0.3) is 0 Å². The summed E-state index contributed by atoms with van der Waals surface area (Å²) in [7, 11) is 10.3. The van der Waals surface area contributed by atoms with Crippen molar-refractivity contribution in [2.24, 2.45) is 0 Å². The minimum atomic E-state index is 1.19. The maximum Gasteiger partial charge on any atom is -0.0279 e. The minimum absolute atomic E-state index is 1.19. The van der Waals surface area contributed by atoms with Crippen LogP contribution in [0.25, 0.3) is 0 Å². The molecule has 0 fully saturated rings. The third-order valence-electron chi connectivity index (χ3n) is 0.333. The predicted molar refractivity (Wildman–Crippen MR) is 45.9 cm³/mol. The molecule has 0 nitrogen and oxygen atoms in total. The van der Waals surface area contributed by atoms with E-state index in [0.29, 0.717) is 0 Å². The van der Waals surface area contributed by atoms with Crippen molar-refractivity contribution in [3.05, 3.63) is 10.1 Å². The van der Waals surface area contributed by atoms with Crippen LogP contribution in [-0.2, 0) is 0 Å². The zero-order valence-corrected chi connectivity index (χ0v) is 7.93. The zero-order chi connectivity index (χ0) is 5.15. The Hall–Kier alpha value is 1.46. The Morgan fingerprint density at radius 2 is 0.833 bits per heavy atom. The maximum absolute atomic E-state index is 2.57. The van der Waals surface area contributed by atoms with Crippen LogP contribution in [0.3, 0.4) is 0 Å². The first-order valence-corrected chi connectivity index (χ1v) is 3.71. The topological polar surface area (TPSA) is 0 Å². The minimum Gasteiger partial charge on any atom is -0.105 e. The van der Waals surface area contributed by atoms with Crippen molar-refractivity contribution in [2.75, 3.05) is 0 Å². The van der Waals surface area contributed by atoms with Crippen molar-refractivity contribution in [1.29, 1.82) is 0 Å². The molecule has 0 aromatic heterocycles. The zero-order valence-electron chi connectivity index (χ0n) is 3.31. The average Bonchev–Trinajstić information content (AvgIpc) is 1.36. The van der Waals surface area contributed by atoms with Crippen molar-refractivity contribution < 1.29 is 0 Å². The van der Waals surface area contributed by atoms with Gasteiger partial charge in [-0.3, -0.25) is 0 Å². The largest absolute Gasteiger partial charge is 0.105 e. The molecule has 0 aliphatic carbocycles. The van der Waals surface area contributed by atoms with Gasteiger partial charge in [0.1, 0.15) is 0 Å². The quantitative estimate of drug-likeness (QED) is 0.467. The van der Waals surface area contributed by atoms with Crippen molar-refractivity contribution in [2.45, 2.75) is 0 Å². The number of rotatable bonds is 0. The first-order valence-electron chi connectivity index (χ1n) is 1.40. The van der Waals surface area contributed by atoms with Crippen LogP contribution in [0.15, 0.2) is 10.1 Å².